The van der Waals surface area contributed by atoms with Gasteiger partial charge in [0, 0.05) is 17.2 Å². The van der Waals surface area contributed by atoms with Crippen molar-refractivity contribution in [2.24, 2.45) is 0 Å². The normalized spacial score (nSPS) is 21.8. The highest BCUT2D eigenvalue weighted by Crippen LogP contribution is 2.54. The zero-order valence-corrected chi connectivity index (χ0v) is 17.0. The second kappa shape index (κ2) is 6.44. The van der Waals surface area contributed by atoms with E-state index in [-0.39, 0.29) is 11.8 Å². The van der Waals surface area contributed by atoms with Gasteiger partial charge in [0.2, 0.25) is 0 Å². The van der Waals surface area contributed by atoms with Crippen LogP contribution in [0.15, 0.2) is 91.0 Å². The van der Waals surface area contributed by atoms with Crippen LogP contribution in [0.5, 0.6) is 5.75 Å². The molecule has 0 fully saturated rings. The SMILES string of the molecule is O=S(=O)(Oc1cccc2ccccc12)C1CC2c3ccccc3C1c1ccccc12. The second-order valence-corrected chi connectivity index (χ2v) is 9.87. The van der Waals surface area contributed by atoms with E-state index in [4.69, 9.17) is 4.18 Å². The molecule has 1 unspecified atom stereocenters. The first-order valence-corrected chi connectivity index (χ1v) is 11.7. The molecule has 1 atom stereocenters. The van der Waals surface area contributed by atoms with Gasteiger partial charge in [0.15, 0.2) is 0 Å². The molecule has 0 spiro atoms. The second-order valence-electron chi connectivity index (χ2n) is 8.12. The predicted molar refractivity (Wildman–Crippen MR) is 118 cm³/mol. The third-order valence-electron chi connectivity index (χ3n) is 6.58. The van der Waals surface area contributed by atoms with Crippen LogP contribution in [-0.4, -0.2) is 13.7 Å². The quantitative estimate of drug-likeness (QED) is 0.412. The van der Waals surface area contributed by atoms with Gasteiger partial charge in [-0.25, -0.2) is 0 Å². The lowest BCUT2D eigenvalue weighted by atomic mass is 9.63. The van der Waals surface area contributed by atoms with Gasteiger partial charge >= 0.3 is 10.1 Å². The molecule has 0 radical (unpaired) electrons. The Hall–Kier alpha value is -3.11. The molecule has 0 aromatic heterocycles. The lowest BCUT2D eigenvalue weighted by molar-refractivity contribution is 0.432. The summed E-state index contributed by atoms with van der Waals surface area (Å²) in [5.74, 6) is 0.275. The monoisotopic (exact) mass is 412 g/mol. The van der Waals surface area contributed by atoms with Gasteiger partial charge in [-0.2, -0.15) is 8.42 Å². The van der Waals surface area contributed by atoms with E-state index < -0.39 is 15.4 Å². The van der Waals surface area contributed by atoms with E-state index in [1.165, 1.54) is 11.1 Å². The van der Waals surface area contributed by atoms with Crippen molar-refractivity contribution >= 4 is 20.9 Å². The van der Waals surface area contributed by atoms with Gasteiger partial charge < -0.3 is 4.18 Å². The van der Waals surface area contributed by atoms with Crippen LogP contribution in [0.1, 0.15) is 40.5 Å². The molecule has 30 heavy (non-hydrogen) atoms. The van der Waals surface area contributed by atoms with Crippen molar-refractivity contribution in [2.45, 2.75) is 23.5 Å². The number of rotatable bonds is 3. The van der Waals surface area contributed by atoms with E-state index >= 15 is 0 Å². The van der Waals surface area contributed by atoms with Crippen LogP contribution in [-0.2, 0) is 10.1 Å². The Bertz CT molecular complexity index is 1340. The molecule has 0 N–H and O–H groups in total. The summed E-state index contributed by atoms with van der Waals surface area (Å²) in [6.07, 6.45) is 0.547. The fraction of sp³-hybridized carbons (Fsp3) is 0.154. The van der Waals surface area contributed by atoms with E-state index in [1.54, 1.807) is 6.07 Å². The fourth-order valence-electron chi connectivity index (χ4n) is 5.32. The minimum atomic E-state index is -3.84. The Labute approximate surface area is 176 Å². The molecule has 3 aliphatic carbocycles. The van der Waals surface area contributed by atoms with Gasteiger partial charge in [0.05, 0.1) is 0 Å². The number of fused-ring (bicyclic) bond motifs is 2. The van der Waals surface area contributed by atoms with Gasteiger partial charge in [-0.05, 0) is 40.1 Å². The number of hydrogen-bond donors (Lipinski definition) is 0. The van der Waals surface area contributed by atoms with Crippen molar-refractivity contribution in [1.82, 2.24) is 0 Å². The standard InChI is InChI=1S/C26H20O3S/c27-30(28,29-24-15-7-9-17-8-1-2-10-18(17)24)25-16-23-19-11-3-5-13-21(19)26(25)22-14-6-4-12-20(22)23/h1-15,23,25-26H,16H2. The first-order valence-electron chi connectivity index (χ1n) is 10.2. The molecule has 0 heterocycles. The van der Waals surface area contributed by atoms with Crippen LogP contribution in [0.2, 0.25) is 0 Å². The lowest BCUT2D eigenvalue weighted by Crippen LogP contribution is -2.42. The summed E-state index contributed by atoms with van der Waals surface area (Å²) >= 11 is 0. The molecule has 4 aromatic rings. The van der Waals surface area contributed by atoms with Crippen molar-refractivity contribution in [3.8, 4) is 5.75 Å². The molecule has 4 aromatic carbocycles. The highest BCUT2D eigenvalue weighted by Gasteiger charge is 2.49. The maximum Gasteiger partial charge on any atom is 0.313 e. The zero-order chi connectivity index (χ0) is 20.3. The summed E-state index contributed by atoms with van der Waals surface area (Å²) < 4.78 is 33.0. The Morgan fingerprint density at radius 2 is 1.23 bits per heavy atom. The molecule has 148 valence electrons. The molecule has 3 aliphatic rings. The van der Waals surface area contributed by atoms with E-state index in [1.807, 2.05) is 60.7 Å². The third-order valence-corrected chi connectivity index (χ3v) is 8.20. The first kappa shape index (κ1) is 17.7. The van der Waals surface area contributed by atoms with Crippen LogP contribution in [0.4, 0.5) is 0 Å². The van der Waals surface area contributed by atoms with Gasteiger partial charge in [-0.3, -0.25) is 0 Å². The third kappa shape index (κ3) is 2.53. The Kier molecular flexibility index (Phi) is 3.81. The average Bonchev–Trinajstić information content (AvgIpc) is 2.79. The van der Waals surface area contributed by atoms with Gasteiger partial charge in [0.1, 0.15) is 11.0 Å². The highest BCUT2D eigenvalue weighted by molar-refractivity contribution is 7.87. The fourth-order valence-corrected chi connectivity index (χ4v) is 6.89. The maximum absolute atomic E-state index is 13.6. The summed E-state index contributed by atoms with van der Waals surface area (Å²) in [6.45, 7) is 0. The molecule has 4 heteroatoms. The van der Waals surface area contributed by atoms with Gasteiger partial charge in [-0.1, -0.05) is 84.9 Å². The molecule has 0 saturated carbocycles. The molecular weight excluding hydrogens is 392 g/mol. The molecule has 0 aliphatic heterocycles. The molecule has 2 bridgehead atoms. The Balaban J connectivity index is 1.47. The van der Waals surface area contributed by atoms with Crippen LogP contribution in [0.25, 0.3) is 10.8 Å². The summed E-state index contributed by atoms with van der Waals surface area (Å²) in [4.78, 5) is 0. The average molecular weight is 413 g/mol. The van der Waals surface area contributed by atoms with Crippen molar-refractivity contribution in [2.75, 3.05) is 0 Å². The maximum atomic E-state index is 13.6. The van der Waals surface area contributed by atoms with Crippen molar-refractivity contribution in [1.29, 1.82) is 0 Å². The smallest absolute Gasteiger partial charge is 0.313 e. The van der Waals surface area contributed by atoms with E-state index in [2.05, 4.69) is 24.3 Å². The minimum Gasteiger partial charge on any atom is -0.382 e. The predicted octanol–water partition coefficient (Wildman–Crippen LogP) is 5.60. The summed E-state index contributed by atoms with van der Waals surface area (Å²) in [7, 11) is -3.84. The van der Waals surface area contributed by atoms with Crippen LogP contribution in [0.3, 0.4) is 0 Å². The van der Waals surface area contributed by atoms with Crippen LogP contribution < -0.4 is 4.18 Å². The van der Waals surface area contributed by atoms with Crippen molar-refractivity contribution in [3.05, 3.63) is 113 Å². The Morgan fingerprint density at radius 1 is 0.667 bits per heavy atom. The summed E-state index contributed by atoms with van der Waals surface area (Å²) in [5, 5.41) is 1.17. The summed E-state index contributed by atoms with van der Waals surface area (Å²) in [5.41, 5.74) is 4.72. The molecular formula is C26H20O3S. The minimum absolute atomic E-state index is 0.0818. The molecule has 0 amide bonds. The topological polar surface area (TPSA) is 43.4 Å². The van der Waals surface area contributed by atoms with Crippen molar-refractivity contribution < 1.29 is 12.6 Å². The molecule has 7 rings (SSSR count). The van der Waals surface area contributed by atoms with Gasteiger partial charge in [0.25, 0.3) is 0 Å². The van der Waals surface area contributed by atoms with E-state index in [0.29, 0.717) is 12.2 Å². The lowest BCUT2D eigenvalue weighted by Gasteiger charge is -2.44. The van der Waals surface area contributed by atoms with E-state index in [9.17, 15) is 8.42 Å². The zero-order valence-electron chi connectivity index (χ0n) is 16.2. The summed E-state index contributed by atoms with van der Waals surface area (Å²) in [6, 6.07) is 29.7. The largest absolute Gasteiger partial charge is 0.382 e. The van der Waals surface area contributed by atoms with Crippen LogP contribution in [0, 0.1) is 0 Å². The first-order chi connectivity index (χ1) is 14.6. The van der Waals surface area contributed by atoms with Crippen LogP contribution >= 0.6 is 0 Å². The molecule has 0 saturated heterocycles. The van der Waals surface area contributed by atoms with Gasteiger partial charge in [-0.15, -0.1) is 0 Å². The van der Waals surface area contributed by atoms with Crippen molar-refractivity contribution in [3.63, 3.8) is 0 Å². The Morgan fingerprint density at radius 3 is 1.93 bits per heavy atom. The molecule has 3 nitrogen and oxygen atoms in total. The highest BCUT2D eigenvalue weighted by atomic mass is 32.2. The number of benzene rings is 4. The van der Waals surface area contributed by atoms with E-state index in [0.717, 1.165) is 21.9 Å². The number of hydrogen-bond acceptors (Lipinski definition) is 3.